The van der Waals surface area contributed by atoms with Crippen molar-refractivity contribution in [2.75, 3.05) is 23.1 Å². The molecule has 1 heterocycles. The van der Waals surface area contributed by atoms with Crippen molar-refractivity contribution in [3.05, 3.63) is 69.2 Å². The van der Waals surface area contributed by atoms with Gasteiger partial charge in [-0.05, 0) is 61.9 Å². The van der Waals surface area contributed by atoms with E-state index in [0.29, 0.717) is 38.6 Å². The molecule has 1 aliphatic heterocycles. The summed E-state index contributed by atoms with van der Waals surface area (Å²) in [7, 11) is 0. The minimum atomic E-state index is -0.934. The van der Waals surface area contributed by atoms with E-state index in [1.165, 1.54) is 11.1 Å². The van der Waals surface area contributed by atoms with Crippen molar-refractivity contribution >= 4 is 40.5 Å². The van der Waals surface area contributed by atoms with E-state index in [1.54, 1.807) is 24.3 Å². The molecule has 0 spiro atoms. The summed E-state index contributed by atoms with van der Waals surface area (Å²) >= 11 is 12.8. The van der Waals surface area contributed by atoms with Gasteiger partial charge in [0.05, 0.1) is 34.1 Å². The molecule has 1 saturated heterocycles. The second kappa shape index (κ2) is 10.7. The summed E-state index contributed by atoms with van der Waals surface area (Å²) in [6.45, 7) is 1.02. The number of piperidine rings is 1. The molecule has 2 saturated carbocycles. The number of nitrogens with two attached hydrogens (primary N) is 2. The van der Waals surface area contributed by atoms with Crippen LogP contribution in [0.15, 0.2) is 47.8 Å². The highest BCUT2D eigenvalue weighted by molar-refractivity contribution is 6.39. The van der Waals surface area contributed by atoms with Gasteiger partial charge in [0.25, 0.3) is 0 Å². The van der Waals surface area contributed by atoms with Crippen molar-refractivity contribution in [1.82, 2.24) is 0 Å². The lowest BCUT2D eigenvalue weighted by Gasteiger charge is -2.34. The molecule has 0 amide bonds. The molecular weight excluding hydrogens is 518 g/mol. The van der Waals surface area contributed by atoms with Crippen LogP contribution in [0.25, 0.3) is 0 Å². The molecule has 2 aliphatic carbocycles. The van der Waals surface area contributed by atoms with E-state index in [2.05, 4.69) is 4.90 Å². The number of fused-ring (bicyclic) bond motifs is 2. The van der Waals surface area contributed by atoms with E-state index in [9.17, 15) is 9.18 Å². The molecule has 3 atom stereocenters. The number of rotatable bonds is 10. The number of carboxylic acid groups (broad SMARTS) is 1. The van der Waals surface area contributed by atoms with Crippen LogP contribution < -0.4 is 21.5 Å². The van der Waals surface area contributed by atoms with Crippen LogP contribution in [0.4, 0.5) is 15.8 Å². The fourth-order valence-electron chi connectivity index (χ4n) is 5.55. The fourth-order valence-corrected chi connectivity index (χ4v) is 6.13. The average molecular weight is 549 g/mol. The summed E-state index contributed by atoms with van der Waals surface area (Å²) in [6, 6.07) is 10.6. The second-order valence-corrected chi connectivity index (χ2v) is 11.0. The molecule has 2 aromatic carbocycles. The predicted octanol–water partition coefficient (Wildman–Crippen LogP) is 5.09. The standard InChI is InChI=1S/C27H31Cl2FN4O3/c28-20-2-1-3-21(29)27(20)34(32)23(26(31)16-4-5-16)14-37-24-12-19-10-17(24)13-33(19)18-8-6-15(22(30)11-18)7-9-25(35)36/h1-3,6,8,11,16-17,19,24H,4-5,7,9-10,12-14,31-32H2,(H,35,36)/b26-23-. The second-order valence-electron chi connectivity index (χ2n) is 10.2. The molecule has 10 heteroatoms. The van der Waals surface area contributed by atoms with Crippen LogP contribution in [-0.4, -0.2) is 36.4 Å². The number of aliphatic carboxylic acids is 1. The molecule has 7 nitrogen and oxygen atoms in total. The summed E-state index contributed by atoms with van der Waals surface area (Å²) in [5, 5.41) is 11.2. The molecule has 198 valence electrons. The molecule has 5 N–H and O–H groups in total. The molecule has 3 aliphatic rings. The molecule has 2 bridgehead atoms. The number of hydrogen-bond donors (Lipinski definition) is 3. The number of halogens is 3. The Morgan fingerprint density at radius 3 is 2.51 bits per heavy atom. The Bertz CT molecular complexity index is 1200. The topological polar surface area (TPSA) is 105 Å². The Morgan fingerprint density at radius 2 is 1.92 bits per heavy atom. The maximum absolute atomic E-state index is 14.6. The number of para-hydroxylation sites is 1. The first-order chi connectivity index (χ1) is 17.7. The number of anilines is 2. The smallest absolute Gasteiger partial charge is 0.303 e. The normalized spacial score (nSPS) is 23.4. The first kappa shape index (κ1) is 26.1. The van der Waals surface area contributed by atoms with E-state index in [1.807, 2.05) is 6.07 Å². The number of carboxylic acids is 1. The highest BCUT2D eigenvalue weighted by Crippen LogP contribution is 2.43. The predicted molar refractivity (Wildman–Crippen MR) is 143 cm³/mol. The Kier molecular flexibility index (Phi) is 7.54. The van der Waals surface area contributed by atoms with Gasteiger partial charge in [-0.1, -0.05) is 35.3 Å². The highest BCUT2D eigenvalue weighted by atomic mass is 35.5. The summed E-state index contributed by atoms with van der Waals surface area (Å²) in [5.74, 6) is 5.80. The molecule has 0 aromatic heterocycles. The number of allylic oxidation sites excluding steroid dienone is 1. The zero-order valence-electron chi connectivity index (χ0n) is 20.4. The van der Waals surface area contributed by atoms with Crippen molar-refractivity contribution in [2.24, 2.45) is 23.4 Å². The third-order valence-electron chi connectivity index (χ3n) is 7.71. The van der Waals surface area contributed by atoms with Crippen LogP contribution in [-0.2, 0) is 16.0 Å². The number of hydrogen-bond acceptors (Lipinski definition) is 6. The van der Waals surface area contributed by atoms with Crippen molar-refractivity contribution in [3.8, 4) is 0 Å². The van der Waals surface area contributed by atoms with Gasteiger partial charge < -0.3 is 20.5 Å². The SMILES string of the molecule is N/C(=C(/COC1CC2CC1CN2c1ccc(CCC(=O)O)c(F)c1)N(N)c1c(Cl)cccc1Cl)C1CC1. The first-order valence-corrected chi connectivity index (χ1v) is 13.3. The number of hydrazine groups is 1. The summed E-state index contributed by atoms with van der Waals surface area (Å²) in [4.78, 5) is 13.0. The largest absolute Gasteiger partial charge is 0.481 e. The minimum absolute atomic E-state index is 0.0399. The van der Waals surface area contributed by atoms with Gasteiger partial charge >= 0.3 is 5.97 Å². The van der Waals surface area contributed by atoms with Crippen molar-refractivity contribution in [1.29, 1.82) is 0 Å². The zero-order chi connectivity index (χ0) is 26.3. The van der Waals surface area contributed by atoms with Gasteiger partial charge in [0.1, 0.15) is 5.82 Å². The molecule has 3 fully saturated rings. The Morgan fingerprint density at radius 1 is 1.19 bits per heavy atom. The lowest BCUT2D eigenvalue weighted by atomic mass is 10.0. The van der Waals surface area contributed by atoms with Gasteiger partial charge in [-0.25, -0.2) is 10.2 Å². The van der Waals surface area contributed by atoms with Gasteiger partial charge in [-0.2, -0.15) is 0 Å². The Labute approximate surface area is 225 Å². The Balaban J connectivity index is 1.24. The van der Waals surface area contributed by atoms with Crippen molar-refractivity contribution in [3.63, 3.8) is 0 Å². The fraction of sp³-hybridized carbons (Fsp3) is 0.444. The van der Waals surface area contributed by atoms with E-state index in [4.69, 9.17) is 44.6 Å². The quantitative estimate of drug-likeness (QED) is 0.280. The average Bonchev–Trinajstić information content (AvgIpc) is 3.52. The zero-order valence-corrected chi connectivity index (χ0v) is 21.9. The summed E-state index contributed by atoms with van der Waals surface area (Å²) in [5.41, 5.74) is 9.64. The van der Waals surface area contributed by atoms with E-state index in [-0.39, 0.29) is 43.3 Å². The van der Waals surface area contributed by atoms with E-state index in [0.717, 1.165) is 37.9 Å². The number of nitrogens with zero attached hydrogens (tertiary/aromatic N) is 2. The third-order valence-corrected chi connectivity index (χ3v) is 8.32. The van der Waals surface area contributed by atoms with E-state index >= 15 is 0 Å². The van der Waals surface area contributed by atoms with E-state index < -0.39 is 5.97 Å². The van der Waals surface area contributed by atoms with Crippen LogP contribution in [0.1, 0.15) is 37.7 Å². The van der Waals surface area contributed by atoms with Gasteiger partial charge in [-0.15, -0.1) is 0 Å². The monoisotopic (exact) mass is 548 g/mol. The van der Waals surface area contributed by atoms with Crippen molar-refractivity contribution in [2.45, 2.75) is 50.7 Å². The van der Waals surface area contributed by atoms with Crippen LogP contribution in [0.2, 0.25) is 10.0 Å². The van der Waals surface area contributed by atoms with Gasteiger partial charge in [0.2, 0.25) is 0 Å². The molecule has 0 radical (unpaired) electrons. The maximum Gasteiger partial charge on any atom is 0.303 e. The lowest BCUT2D eigenvalue weighted by molar-refractivity contribution is -0.136. The third kappa shape index (κ3) is 5.53. The summed E-state index contributed by atoms with van der Waals surface area (Å²) in [6.07, 6.45) is 3.96. The molecule has 5 rings (SSSR count). The van der Waals surface area contributed by atoms with Gasteiger partial charge in [-0.3, -0.25) is 9.80 Å². The molecule has 3 unspecified atom stereocenters. The number of aryl methyl sites for hydroxylation is 1. The highest BCUT2D eigenvalue weighted by Gasteiger charge is 2.45. The summed E-state index contributed by atoms with van der Waals surface area (Å²) < 4.78 is 21.0. The Hall–Kier alpha value is -2.52. The lowest BCUT2D eigenvalue weighted by Crippen LogP contribution is -2.40. The number of ether oxygens (including phenoxy) is 1. The van der Waals surface area contributed by atoms with Crippen LogP contribution in [0.5, 0.6) is 0 Å². The van der Waals surface area contributed by atoms with Crippen LogP contribution in [0, 0.1) is 17.7 Å². The van der Waals surface area contributed by atoms with Gasteiger partial charge in [0.15, 0.2) is 0 Å². The molecular formula is C27H31Cl2FN4O3. The molecule has 37 heavy (non-hydrogen) atoms. The van der Waals surface area contributed by atoms with Gasteiger partial charge in [0, 0.05) is 42.2 Å². The minimum Gasteiger partial charge on any atom is -0.481 e. The van der Waals surface area contributed by atoms with Crippen LogP contribution in [0.3, 0.4) is 0 Å². The first-order valence-electron chi connectivity index (χ1n) is 12.6. The molecule has 2 aromatic rings. The van der Waals surface area contributed by atoms with Crippen LogP contribution >= 0.6 is 23.2 Å². The van der Waals surface area contributed by atoms with Crippen molar-refractivity contribution < 1.29 is 19.0 Å². The maximum atomic E-state index is 14.6. The number of carbonyl (C=O) groups is 1. The number of benzene rings is 2.